The van der Waals surface area contributed by atoms with E-state index in [0.717, 1.165) is 17.5 Å². The Balaban J connectivity index is 1.80. The molecule has 3 rings (SSSR count). The molecule has 0 fully saturated rings. The van der Waals surface area contributed by atoms with Crippen molar-refractivity contribution in [2.24, 2.45) is 0 Å². The smallest absolute Gasteiger partial charge is 0.307 e. The number of anilines is 1. The highest BCUT2D eigenvalue weighted by molar-refractivity contribution is 5.94. The number of aromatic nitrogens is 4. The van der Waals surface area contributed by atoms with Gasteiger partial charge in [-0.2, -0.15) is 10.2 Å². The molecular formula is C21H26N6O5. The first kappa shape index (κ1) is 22.8. The summed E-state index contributed by atoms with van der Waals surface area (Å²) in [6, 6.07) is 4.95. The second-order valence-corrected chi connectivity index (χ2v) is 7.24. The molecule has 1 N–H and O–H groups in total. The molecule has 3 aromatic rings. The third-order valence-corrected chi connectivity index (χ3v) is 5.22. The molecule has 0 aliphatic rings. The highest BCUT2D eigenvalue weighted by Gasteiger charge is 2.24. The van der Waals surface area contributed by atoms with Crippen molar-refractivity contribution in [2.45, 2.75) is 39.8 Å². The van der Waals surface area contributed by atoms with E-state index >= 15 is 0 Å². The molecule has 0 bridgehead atoms. The molecule has 0 spiro atoms. The fraction of sp³-hybridized carbons (Fsp3) is 0.381. The van der Waals surface area contributed by atoms with Crippen LogP contribution in [0.2, 0.25) is 0 Å². The summed E-state index contributed by atoms with van der Waals surface area (Å²) in [6.45, 7) is 5.98. The number of carbonyl (C=O) groups is 1. The van der Waals surface area contributed by atoms with Gasteiger partial charge in [0, 0.05) is 0 Å². The van der Waals surface area contributed by atoms with Crippen molar-refractivity contribution in [3.63, 3.8) is 0 Å². The summed E-state index contributed by atoms with van der Waals surface area (Å²) >= 11 is 0. The molecular weight excluding hydrogens is 416 g/mol. The number of nitrogens with one attached hydrogen (secondary N) is 1. The third kappa shape index (κ3) is 4.56. The Bertz CT molecular complexity index is 1140. The van der Waals surface area contributed by atoms with Gasteiger partial charge in [0.1, 0.15) is 18.4 Å². The van der Waals surface area contributed by atoms with Gasteiger partial charge in [-0.3, -0.25) is 24.3 Å². The van der Waals surface area contributed by atoms with Crippen LogP contribution < -0.4 is 14.8 Å². The predicted octanol–water partition coefficient (Wildman–Crippen LogP) is 3.26. The molecule has 1 unspecified atom stereocenters. The minimum absolute atomic E-state index is 0.161. The molecule has 0 saturated heterocycles. The lowest BCUT2D eigenvalue weighted by Crippen LogP contribution is -2.26. The molecule has 170 valence electrons. The van der Waals surface area contributed by atoms with E-state index in [1.54, 1.807) is 18.9 Å². The summed E-state index contributed by atoms with van der Waals surface area (Å²) < 4.78 is 13.7. The van der Waals surface area contributed by atoms with Crippen LogP contribution in [-0.4, -0.2) is 44.6 Å². The van der Waals surface area contributed by atoms with E-state index in [1.807, 2.05) is 39.0 Å². The summed E-state index contributed by atoms with van der Waals surface area (Å²) in [5.41, 5.74) is 2.85. The van der Waals surface area contributed by atoms with E-state index in [4.69, 9.17) is 9.47 Å². The highest BCUT2D eigenvalue weighted by Crippen LogP contribution is 2.29. The van der Waals surface area contributed by atoms with Crippen molar-refractivity contribution >= 4 is 17.3 Å². The minimum atomic E-state index is -0.684. The van der Waals surface area contributed by atoms with Crippen LogP contribution in [0.5, 0.6) is 11.5 Å². The lowest BCUT2D eigenvalue weighted by Gasteiger charge is -2.15. The van der Waals surface area contributed by atoms with Crippen molar-refractivity contribution in [3.8, 4) is 11.5 Å². The zero-order valence-corrected chi connectivity index (χ0v) is 18.7. The van der Waals surface area contributed by atoms with Crippen LogP contribution in [0.1, 0.15) is 36.3 Å². The molecule has 0 saturated carbocycles. The number of nitro groups is 1. The molecule has 11 heteroatoms. The van der Waals surface area contributed by atoms with E-state index < -0.39 is 11.0 Å². The number of carbonyl (C=O) groups excluding carboxylic acids is 1. The van der Waals surface area contributed by atoms with E-state index in [2.05, 4.69) is 15.5 Å². The summed E-state index contributed by atoms with van der Waals surface area (Å²) in [5.74, 6) is 0.948. The molecule has 0 radical (unpaired) electrons. The fourth-order valence-electron chi connectivity index (χ4n) is 3.48. The Morgan fingerprint density at radius 3 is 2.56 bits per heavy atom. The molecule has 0 aliphatic heterocycles. The monoisotopic (exact) mass is 442 g/mol. The van der Waals surface area contributed by atoms with Crippen molar-refractivity contribution in [2.75, 3.05) is 19.5 Å². The van der Waals surface area contributed by atoms with Gasteiger partial charge in [0.15, 0.2) is 11.5 Å². The summed E-state index contributed by atoms with van der Waals surface area (Å²) in [7, 11) is 3.16. The van der Waals surface area contributed by atoms with Gasteiger partial charge in [0.05, 0.1) is 42.8 Å². The van der Waals surface area contributed by atoms with Gasteiger partial charge in [-0.15, -0.1) is 0 Å². The second kappa shape index (κ2) is 9.50. The van der Waals surface area contributed by atoms with Crippen molar-refractivity contribution in [1.29, 1.82) is 0 Å². The van der Waals surface area contributed by atoms with Gasteiger partial charge in [0.2, 0.25) is 5.91 Å². The topological polar surface area (TPSA) is 126 Å². The van der Waals surface area contributed by atoms with Crippen molar-refractivity contribution in [1.82, 2.24) is 19.6 Å². The van der Waals surface area contributed by atoms with Gasteiger partial charge in [-0.25, -0.2) is 0 Å². The molecule has 1 atom stereocenters. The molecule has 32 heavy (non-hydrogen) atoms. The second-order valence-electron chi connectivity index (χ2n) is 7.24. The largest absolute Gasteiger partial charge is 0.493 e. The normalized spacial score (nSPS) is 11.8. The molecule has 11 nitrogen and oxygen atoms in total. The number of hydrogen-bond acceptors (Lipinski definition) is 7. The average Bonchev–Trinajstić information content (AvgIpc) is 3.35. The van der Waals surface area contributed by atoms with Crippen LogP contribution in [-0.2, 0) is 11.3 Å². The van der Waals surface area contributed by atoms with E-state index in [9.17, 15) is 14.9 Å². The van der Waals surface area contributed by atoms with Crippen molar-refractivity contribution in [3.05, 3.63) is 57.7 Å². The first-order valence-corrected chi connectivity index (χ1v) is 10.0. The molecule has 0 aliphatic carbocycles. The van der Waals surface area contributed by atoms with Gasteiger partial charge in [-0.1, -0.05) is 13.0 Å². The van der Waals surface area contributed by atoms with Crippen LogP contribution in [0.3, 0.4) is 0 Å². The van der Waals surface area contributed by atoms with Gasteiger partial charge in [0.25, 0.3) is 0 Å². The van der Waals surface area contributed by atoms with Crippen LogP contribution in [0, 0.1) is 24.0 Å². The maximum absolute atomic E-state index is 12.9. The number of amides is 1. The number of benzene rings is 1. The SMILES string of the molecule is CCC(C(=O)Nc1c(C)nn(Cc2ccc(OC)c(OC)c2)c1C)n1cc([N+](=O)[O-])cn1. The van der Waals surface area contributed by atoms with Crippen LogP contribution in [0.15, 0.2) is 30.6 Å². The van der Waals surface area contributed by atoms with E-state index in [0.29, 0.717) is 35.8 Å². The number of methoxy groups -OCH3 is 2. The van der Waals surface area contributed by atoms with Gasteiger partial charge < -0.3 is 14.8 Å². The minimum Gasteiger partial charge on any atom is -0.493 e. The maximum Gasteiger partial charge on any atom is 0.307 e. The first-order chi connectivity index (χ1) is 15.3. The van der Waals surface area contributed by atoms with Gasteiger partial charge >= 0.3 is 5.69 Å². The standard InChI is InChI=1S/C21H26N6O5/c1-6-17(26-12-16(10-22-26)27(29)30)21(28)23-20-13(2)24-25(14(20)3)11-15-7-8-18(31-4)19(9-15)32-5/h7-10,12,17H,6,11H2,1-5H3,(H,23,28). The lowest BCUT2D eigenvalue weighted by molar-refractivity contribution is -0.385. The Kier molecular flexibility index (Phi) is 6.76. The van der Waals surface area contributed by atoms with E-state index in [1.165, 1.54) is 10.9 Å². The number of hydrogen-bond donors (Lipinski definition) is 1. The fourth-order valence-corrected chi connectivity index (χ4v) is 3.48. The zero-order chi connectivity index (χ0) is 23.4. The summed E-state index contributed by atoms with van der Waals surface area (Å²) in [5, 5.41) is 22.4. The molecule has 2 heterocycles. The number of rotatable bonds is 9. The highest BCUT2D eigenvalue weighted by atomic mass is 16.6. The lowest BCUT2D eigenvalue weighted by atomic mass is 10.2. The Hall–Kier alpha value is -3.89. The van der Waals surface area contributed by atoms with Crippen LogP contribution in [0.25, 0.3) is 0 Å². The quantitative estimate of drug-likeness (QED) is 0.398. The molecule has 1 aromatic carbocycles. The van der Waals surface area contributed by atoms with Crippen LogP contribution in [0.4, 0.5) is 11.4 Å². The predicted molar refractivity (Wildman–Crippen MR) is 117 cm³/mol. The van der Waals surface area contributed by atoms with Gasteiger partial charge in [-0.05, 0) is 38.0 Å². The number of aryl methyl sites for hydroxylation is 1. The third-order valence-electron chi connectivity index (χ3n) is 5.22. The van der Waals surface area contributed by atoms with Crippen molar-refractivity contribution < 1.29 is 19.2 Å². The maximum atomic E-state index is 12.9. The number of nitrogens with zero attached hydrogens (tertiary/aromatic N) is 5. The Labute approximate surface area is 185 Å². The first-order valence-electron chi connectivity index (χ1n) is 10.0. The molecule has 2 aromatic heterocycles. The zero-order valence-electron chi connectivity index (χ0n) is 18.7. The van der Waals surface area contributed by atoms with Crippen LogP contribution >= 0.6 is 0 Å². The Morgan fingerprint density at radius 1 is 1.25 bits per heavy atom. The van der Waals surface area contributed by atoms with E-state index in [-0.39, 0.29) is 11.6 Å². The summed E-state index contributed by atoms with van der Waals surface area (Å²) in [4.78, 5) is 23.3. The molecule has 1 amide bonds. The average molecular weight is 442 g/mol. The summed E-state index contributed by atoms with van der Waals surface area (Å²) in [6.07, 6.45) is 2.81. The Morgan fingerprint density at radius 2 is 1.97 bits per heavy atom. The number of ether oxygens (including phenoxy) is 2.